The van der Waals surface area contributed by atoms with Crippen LogP contribution in [0.5, 0.6) is 0 Å². The summed E-state index contributed by atoms with van der Waals surface area (Å²) in [6.45, 7) is 0. The first kappa shape index (κ1) is 12.8. The van der Waals surface area contributed by atoms with Crippen molar-refractivity contribution in [2.75, 3.05) is 0 Å². The van der Waals surface area contributed by atoms with Gasteiger partial charge in [-0.2, -0.15) is 0 Å². The minimum absolute atomic E-state index is 0.164. The first-order valence-electron chi connectivity index (χ1n) is 4.93. The van der Waals surface area contributed by atoms with Gasteiger partial charge in [0.15, 0.2) is 0 Å². The Kier molecular flexibility index (Phi) is 4.01. The second-order valence-electron chi connectivity index (χ2n) is 3.59. The van der Waals surface area contributed by atoms with Crippen LogP contribution in [0.1, 0.15) is 17.4 Å². The van der Waals surface area contributed by atoms with E-state index < -0.39 is 6.10 Å². The zero-order chi connectivity index (χ0) is 12.4. The molecule has 1 N–H and O–H groups in total. The molecule has 1 aromatic carbocycles. The fraction of sp³-hybridized carbons (Fsp3) is 0.167. The highest BCUT2D eigenvalue weighted by Gasteiger charge is 2.17. The Labute approximate surface area is 115 Å². The second kappa shape index (κ2) is 5.33. The van der Waals surface area contributed by atoms with Gasteiger partial charge in [-0.25, -0.2) is 4.39 Å². The summed E-state index contributed by atoms with van der Waals surface area (Å²) in [5.74, 6) is 0.0688. The van der Waals surface area contributed by atoms with Crippen LogP contribution in [0.3, 0.4) is 0 Å². The average Bonchev–Trinajstić information content (AvgIpc) is 2.70. The summed E-state index contributed by atoms with van der Waals surface area (Å²) in [6, 6.07) is 6.32. The molecular formula is C12H9Br2FO2. The highest BCUT2D eigenvalue weighted by molar-refractivity contribution is 9.10. The molecule has 0 saturated carbocycles. The molecule has 0 spiro atoms. The first-order valence-corrected chi connectivity index (χ1v) is 6.51. The number of furan rings is 1. The van der Waals surface area contributed by atoms with Gasteiger partial charge in [0.1, 0.15) is 17.7 Å². The van der Waals surface area contributed by atoms with Crippen molar-refractivity contribution in [1.29, 1.82) is 0 Å². The highest BCUT2D eigenvalue weighted by Crippen LogP contribution is 2.28. The number of rotatable bonds is 3. The van der Waals surface area contributed by atoms with E-state index in [4.69, 9.17) is 4.42 Å². The van der Waals surface area contributed by atoms with E-state index in [9.17, 15) is 9.50 Å². The lowest BCUT2D eigenvalue weighted by atomic mass is 10.1. The van der Waals surface area contributed by atoms with E-state index in [-0.39, 0.29) is 12.2 Å². The van der Waals surface area contributed by atoms with Crippen molar-refractivity contribution in [3.63, 3.8) is 0 Å². The quantitative estimate of drug-likeness (QED) is 0.885. The molecule has 0 saturated heterocycles. The minimum Gasteiger partial charge on any atom is -0.465 e. The molecule has 1 heterocycles. The molecule has 1 atom stereocenters. The van der Waals surface area contributed by atoms with E-state index in [2.05, 4.69) is 31.9 Å². The smallest absolute Gasteiger partial charge is 0.146 e. The van der Waals surface area contributed by atoms with Crippen LogP contribution in [-0.4, -0.2) is 5.11 Å². The summed E-state index contributed by atoms with van der Waals surface area (Å²) in [4.78, 5) is 0. The summed E-state index contributed by atoms with van der Waals surface area (Å²) in [7, 11) is 0. The molecule has 5 heteroatoms. The summed E-state index contributed by atoms with van der Waals surface area (Å²) >= 11 is 6.52. The molecule has 0 fully saturated rings. The maximum absolute atomic E-state index is 13.5. The predicted molar refractivity (Wildman–Crippen MR) is 69.2 cm³/mol. The summed E-state index contributed by atoms with van der Waals surface area (Å²) in [5, 5.41) is 9.95. The van der Waals surface area contributed by atoms with Crippen molar-refractivity contribution in [2.45, 2.75) is 12.5 Å². The van der Waals surface area contributed by atoms with Crippen LogP contribution in [0.4, 0.5) is 4.39 Å². The zero-order valence-corrected chi connectivity index (χ0v) is 11.8. The summed E-state index contributed by atoms with van der Waals surface area (Å²) < 4.78 is 20.1. The number of aliphatic hydroxyl groups excluding tert-OH is 1. The van der Waals surface area contributed by atoms with Crippen LogP contribution < -0.4 is 0 Å². The standard InChI is InChI=1S/C12H9Br2FO2/c13-8-1-2-10(15)7(5-8)6-11(16)12-9(14)3-4-17-12/h1-5,11,16H,6H2. The monoisotopic (exact) mass is 362 g/mol. The van der Waals surface area contributed by atoms with E-state index in [1.165, 1.54) is 12.3 Å². The van der Waals surface area contributed by atoms with Crippen LogP contribution in [0, 0.1) is 5.82 Å². The number of hydrogen-bond donors (Lipinski definition) is 1. The third-order valence-electron chi connectivity index (χ3n) is 2.37. The van der Waals surface area contributed by atoms with Gasteiger partial charge in [-0.1, -0.05) is 15.9 Å². The predicted octanol–water partition coefficient (Wildman–Crippen LogP) is 4.22. The molecule has 2 rings (SSSR count). The molecule has 17 heavy (non-hydrogen) atoms. The van der Waals surface area contributed by atoms with Crippen molar-refractivity contribution in [3.8, 4) is 0 Å². The average molecular weight is 364 g/mol. The molecule has 1 aromatic heterocycles. The molecule has 2 aromatic rings. The molecule has 0 aliphatic carbocycles. The molecule has 1 unspecified atom stereocenters. The molecule has 0 amide bonds. The molecule has 90 valence electrons. The SMILES string of the molecule is OC(Cc1cc(Br)ccc1F)c1occc1Br. The highest BCUT2D eigenvalue weighted by atomic mass is 79.9. The molecule has 0 aliphatic heterocycles. The van der Waals surface area contributed by atoms with E-state index in [1.54, 1.807) is 18.2 Å². The van der Waals surface area contributed by atoms with Gasteiger partial charge in [-0.3, -0.25) is 0 Å². The Balaban J connectivity index is 2.21. The Morgan fingerprint density at radius 3 is 2.71 bits per heavy atom. The third-order valence-corrected chi connectivity index (χ3v) is 3.52. The third kappa shape index (κ3) is 2.97. The molecule has 0 bridgehead atoms. The maximum atomic E-state index is 13.5. The zero-order valence-electron chi connectivity index (χ0n) is 8.66. The van der Waals surface area contributed by atoms with Crippen molar-refractivity contribution >= 4 is 31.9 Å². The maximum Gasteiger partial charge on any atom is 0.146 e. The first-order chi connectivity index (χ1) is 8.08. The Hall–Kier alpha value is -0.650. The van der Waals surface area contributed by atoms with Gasteiger partial charge >= 0.3 is 0 Å². The van der Waals surface area contributed by atoms with Crippen molar-refractivity contribution in [3.05, 3.63) is 56.6 Å². The van der Waals surface area contributed by atoms with Gasteiger partial charge in [-0.05, 0) is 45.8 Å². The molecule has 0 aliphatic rings. The van der Waals surface area contributed by atoms with Crippen LogP contribution in [0.15, 0.2) is 43.9 Å². The van der Waals surface area contributed by atoms with Crippen molar-refractivity contribution < 1.29 is 13.9 Å². The molecule has 0 radical (unpaired) electrons. The van der Waals surface area contributed by atoms with Crippen LogP contribution in [-0.2, 0) is 6.42 Å². The summed E-state index contributed by atoms with van der Waals surface area (Å²) in [5.41, 5.74) is 0.440. The van der Waals surface area contributed by atoms with Crippen molar-refractivity contribution in [2.24, 2.45) is 0 Å². The van der Waals surface area contributed by atoms with Gasteiger partial charge in [0.25, 0.3) is 0 Å². The van der Waals surface area contributed by atoms with Gasteiger partial charge in [0.05, 0.1) is 10.7 Å². The lowest BCUT2D eigenvalue weighted by Gasteiger charge is -2.09. The van der Waals surface area contributed by atoms with Crippen molar-refractivity contribution in [1.82, 2.24) is 0 Å². The fourth-order valence-corrected chi connectivity index (χ4v) is 2.42. The van der Waals surface area contributed by atoms with Crippen LogP contribution >= 0.6 is 31.9 Å². The van der Waals surface area contributed by atoms with Gasteiger partial charge < -0.3 is 9.52 Å². The van der Waals surface area contributed by atoms with E-state index >= 15 is 0 Å². The molecular weight excluding hydrogens is 355 g/mol. The molecule has 2 nitrogen and oxygen atoms in total. The largest absolute Gasteiger partial charge is 0.465 e. The van der Waals surface area contributed by atoms with E-state index in [0.717, 1.165) is 4.47 Å². The number of hydrogen-bond acceptors (Lipinski definition) is 2. The summed E-state index contributed by atoms with van der Waals surface area (Å²) in [6.07, 6.45) is 0.764. The normalized spacial score (nSPS) is 12.7. The lowest BCUT2D eigenvalue weighted by molar-refractivity contribution is 0.148. The topological polar surface area (TPSA) is 33.4 Å². The second-order valence-corrected chi connectivity index (χ2v) is 5.36. The Morgan fingerprint density at radius 1 is 1.29 bits per heavy atom. The minimum atomic E-state index is -0.872. The van der Waals surface area contributed by atoms with Gasteiger partial charge in [0.2, 0.25) is 0 Å². The van der Waals surface area contributed by atoms with Crippen LogP contribution in [0.25, 0.3) is 0 Å². The van der Waals surface area contributed by atoms with E-state index in [1.807, 2.05) is 0 Å². The number of aliphatic hydroxyl groups is 1. The fourth-order valence-electron chi connectivity index (χ4n) is 1.54. The lowest BCUT2D eigenvalue weighted by Crippen LogP contribution is -2.03. The number of benzene rings is 1. The van der Waals surface area contributed by atoms with Crippen LogP contribution in [0.2, 0.25) is 0 Å². The Bertz CT molecular complexity index is 525. The Morgan fingerprint density at radius 2 is 2.06 bits per heavy atom. The van der Waals surface area contributed by atoms with E-state index in [0.29, 0.717) is 15.8 Å². The number of halogens is 3. The van der Waals surface area contributed by atoms with Gasteiger partial charge in [-0.15, -0.1) is 0 Å². The van der Waals surface area contributed by atoms with Gasteiger partial charge in [0, 0.05) is 10.9 Å².